The van der Waals surface area contributed by atoms with Crippen LogP contribution in [-0.2, 0) is 16.0 Å². The Morgan fingerprint density at radius 3 is 2.61 bits per heavy atom. The number of aliphatic carboxylic acids is 1. The Bertz CT molecular complexity index is 540. The minimum Gasteiger partial charge on any atom is -0.494 e. The average molecular weight is 319 g/mol. The van der Waals surface area contributed by atoms with Crippen molar-refractivity contribution in [3.05, 3.63) is 29.8 Å². The largest absolute Gasteiger partial charge is 0.494 e. The number of amides is 1. The van der Waals surface area contributed by atoms with Crippen molar-refractivity contribution in [3.63, 3.8) is 0 Å². The molecular formula is C18H25NO4. The molecule has 0 aromatic heterocycles. The van der Waals surface area contributed by atoms with Crippen molar-refractivity contribution in [1.29, 1.82) is 0 Å². The molecule has 0 radical (unpaired) electrons. The summed E-state index contributed by atoms with van der Waals surface area (Å²) < 4.78 is 5.39. The van der Waals surface area contributed by atoms with Gasteiger partial charge in [0.2, 0.25) is 5.91 Å². The molecule has 5 nitrogen and oxygen atoms in total. The summed E-state index contributed by atoms with van der Waals surface area (Å²) >= 11 is 0. The second-order valence-corrected chi connectivity index (χ2v) is 6.15. The highest BCUT2D eigenvalue weighted by molar-refractivity contribution is 5.84. The fraction of sp³-hybridized carbons (Fsp3) is 0.556. The molecule has 126 valence electrons. The molecular weight excluding hydrogens is 294 g/mol. The van der Waals surface area contributed by atoms with E-state index in [4.69, 9.17) is 4.74 Å². The molecule has 0 bridgehead atoms. The quantitative estimate of drug-likeness (QED) is 0.875. The van der Waals surface area contributed by atoms with Gasteiger partial charge in [0, 0.05) is 13.0 Å². The fourth-order valence-electron chi connectivity index (χ4n) is 2.99. The van der Waals surface area contributed by atoms with E-state index in [1.807, 2.05) is 38.1 Å². The van der Waals surface area contributed by atoms with Crippen molar-refractivity contribution in [3.8, 4) is 5.75 Å². The molecule has 1 aromatic rings. The van der Waals surface area contributed by atoms with Crippen molar-refractivity contribution in [2.75, 3.05) is 13.2 Å². The lowest BCUT2D eigenvalue weighted by Crippen LogP contribution is -2.49. The zero-order valence-electron chi connectivity index (χ0n) is 13.8. The molecule has 1 aromatic carbocycles. The Balaban J connectivity index is 1.91. The Labute approximate surface area is 137 Å². The number of ether oxygens (including phenoxy) is 1. The van der Waals surface area contributed by atoms with Crippen molar-refractivity contribution in [2.24, 2.45) is 5.92 Å². The lowest BCUT2D eigenvalue weighted by Gasteiger charge is -2.36. The molecule has 2 unspecified atom stereocenters. The van der Waals surface area contributed by atoms with E-state index in [1.165, 1.54) is 4.90 Å². The first kappa shape index (κ1) is 17.3. The van der Waals surface area contributed by atoms with Gasteiger partial charge in [-0.1, -0.05) is 19.1 Å². The van der Waals surface area contributed by atoms with E-state index >= 15 is 0 Å². The molecule has 1 aliphatic rings. The van der Waals surface area contributed by atoms with Gasteiger partial charge < -0.3 is 14.7 Å². The van der Waals surface area contributed by atoms with Crippen LogP contribution in [-0.4, -0.2) is 41.1 Å². The zero-order chi connectivity index (χ0) is 16.8. The topological polar surface area (TPSA) is 66.8 Å². The predicted octanol–water partition coefficient (Wildman–Crippen LogP) is 2.73. The smallest absolute Gasteiger partial charge is 0.326 e. The van der Waals surface area contributed by atoms with Gasteiger partial charge in [0.05, 0.1) is 6.61 Å². The number of nitrogens with zero attached hydrogens (tertiary/aromatic N) is 1. The number of carboxylic acids is 1. The Kier molecular flexibility index (Phi) is 6.02. The van der Waals surface area contributed by atoms with Gasteiger partial charge in [-0.05, 0) is 49.8 Å². The standard InChI is InChI=1S/C18H25NO4/c1-3-23-15-7-4-14(5-8-15)6-9-17(20)19-11-10-13(2)12-16(19)18(21)22/h4-5,7-8,13,16H,3,6,9-12H2,1-2H3,(H,21,22). The van der Waals surface area contributed by atoms with E-state index in [0.717, 1.165) is 17.7 Å². The normalized spacial score (nSPS) is 21.0. The second-order valence-electron chi connectivity index (χ2n) is 6.15. The maximum atomic E-state index is 12.4. The van der Waals surface area contributed by atoms with Gasteiger partial charge in [-0.2, -0.15) is 0 Å². The minimum absolute atomic E-state index is 0.0711. The molecule has 0 spiro atoms. The van der Waals surface area contributed by atoms with E-state index in [-0.39, 0.29) is 5.91 Å². The van der Waals surface area contributed by atoms with Gasteiger partial charge in [-0.25, -0.2) is 4.79 Å². The highest BCUT2D eigenvalue weighted by Crippen LogP contribution is 2.24. The third-order valence-corrected chi connectivity index (χ3v) is 4.33. The van der Waals surface area contributed by atoms with Crippen LogP contribution >= 0.6 is 0 Å². The number of hydrogen-bond acceptors (Lipinski definition) is 3. The van der Waals surface area contributed by atoms with E-state index in [9.17, 15) is 14.7 Å². The highest BCUT2D eigenvalue weighted by atomic mass is 16.5. The first-order valence-corrected chi connectivity index (χ1v) is 8.25. The van der Waals surface area contributed by atoms with Gasteiger partial charge in [-0.3, -0.25) is 4.79 Å². The summed E-state index contributed by atoms with van der Waals surface area (Å²) in [6, 6.07) is 7.01. The van der Waals surface area contributed by atoms with Crippen LogP contribution in [0.1, 0.15) is 38.7 Å². The average Bonchev–Trinajstić information content (AvgIpc) is 2.54. The molecule has 2 rings (SSSR count). The van der Waals surface area contributed by atoms with Crippen LogP contribution < -0.4 is 4.74 Å². The molecule has 1 heterocycles. The first-order chi connectivity index (χ1) is 11.0. The first-order valence-electron chi connectivity index (χ1n) is 8.25. The number of piperidine rings is 1. The van der Waals surface area contributed by atoms with Crippen molar-refractivity contribution < 1.29 is 19.4 Å². The number of carbonyl (C=O) groups is 2. The second kappa shape index (κ2) is 7.99. The third kappa shape index (κ3) is 4.71. The van der Waals surface area contributed by atoms with Crippen molar-refractivity contribution in [1.82, 2.24) is 4.90 Å². The van der Waals surface area contributed by atoms with Gasteiger partial charge in [0.25, 0.3) is 0 Å². The summed E-state index contributed by atoms with van der Waals surface area (Å²) in [5.74, 6) is 0.203. The zero-order valence-corrected chi connectivity index (χ0v) is 13.8. The number of benzene rings is 1. The molecule has 1 amide bonds. The van der Waals surface area contributed by atoms with Gasteiger partial charge in [0.15, 0.2) is 0 Å². The monoisotopic (exact) mass is 319 g/mol. The molecule has 23 heavy (non-hydrogen) atoms. The Hall–Kier alpha value is -2.04. The molecule has 2 atom stereocenters. The number of aryl methyl sites for hydroxylation is 1. The van der Waals surface area contributed by atoms with E-state index in [1.54, 1.807) is 0 Å². The molecule has 1 saturated heterocycles. The number of rotatable bonds is 6. The van der Waals surface area contributed by atoms with E-state index in [2.05, 4.69) is 0 Å². The number of likely N-dealkylation sites (tertiary alicyclic amines) is 1. The van der Waals surface area contributed by atoms with Gasteiger partial charge >= 0.3 is 5.97 Å². The Morgan fingerprint density at radius 1 is 1.30 bits per heavy atom. The van der Waals surface area contributed by atoms with Crippen LogP contribution in [0.4, 0.5) is 0 Å². The maximum Gasteiger partial charge on any atom is 0.326 e. The Morgan fingerprint density at radius 2 is 2.00 bits per heavy atom. The van der Waals surface area contributed by atoms with E-state index in [0.29, 0.717) is 38.3 Å². The summed E-state index contributed by atoms with van der Waals surface area (Å²) in [4.78, 5) is 25.3. The van der Waals surface area contributed by atoms with Crippen LogP contribution in [0.5, 0.6) is 5.75 Å². The van der Waals surface area contributed by atoms with Crippen molar-refractivity contribution >= 4 is 11.9 Å². The minimum atomic E-state index is -0.897. The highest BCUT2D eigenvalue weighted by Gasteiger charge is 2.34. The lowest BCUT2D eigenvalue weighted by molar-refractivity contribution is -0.153. The van der Waals surface area contributed by atoms with Crippen LogP contribution in [0.3, 0.4) is 0 Å². The summed E-state index contributed by atoms with van der Waals surface area (Å²) in [5, 5.41) is 9.33. The number of carboxylic acid groups (broad SMARTS) is 1. The van der Waals surface area contributed by atoms with Crippen molar-refractivity contribution in [2.45, 2.75) is 45.6 Å². The third-order valence-electron chi connectivity index (χ3n) is 4.33. The SMILES string of the molecule is CCOc1ccc(CCC(=O)N2CCC(C)CC2C(=O)O)cc1. The summed E-state index contributed by atoms with van der Waals surface area (Å²) in [7, 11) is 0. The molecule has 1 fully saturated rings. The number of carbonyl (C=O) groups excluding carboxylic acids is 1. The summed E-state index contributed by atoms with van der Waals surface area (Å²) in [5.41, 5.74) is 1.05. The summed E-state index contributed by atoms with van der Waals surface area (Å²) in [6.45, 7) is 5.14. The van der Waals surface area contributed by atoms with Crippen LogP contribution in [0.15, 0.2) is 24.3 Å². The van der Waals surface area contributed by atoms with Gasteiger partial charge in [0.1, 0.15) is 11.8 Å². The van der Waals surface area contributed by atoms with Gasteiger partial charge in [-0.15, -0.1) is 0 Å². The summed E-state index contributed by atoms with van der Waals surface area (Å²) in [6.07, 6.45) is 2.37. The van der Waals surface area contributed by atoms with E-state index < -0.39 is 12.0 Å². The van der Waals surface area contributed by atoms with Crippen LogP contribution in [0.2, 0.25) is 0 Å². The lowest BCUT2D eigenvalue weighted by atomic mass is 9.92. The predicted molar refractivity (Wildman–Crippen MR) is 87.5 cm³/mol. The molecule has 1 aliphatic heterocycles. The molecule has 5 heteroatoms. The fourth-order valence-corrected chi connectivity index (χ4v) is 2.99. The molecule has 0 aliphatic carbocycles. The maximum absolute atomic E-state index is 12.4. The number of hydrogen-bond donors (Lipinski definition) is 1. The van der Waals surface area contributed by atoms with Crippen LogP contribution in [0.25, 0.3) is 0 Å². The van der Waals surface area contributed by atoms with Crippen LogP contribution in [0, 0.1) is 5.92 Å². The molecule has 0 saturated carbocycles. The molecule has 1 N–H and O–H groups in total.